The molecule has 0 saturated carbocycles. The van der Waals surface area contributed by atoms with Gasteiger partial charge >= 0.3 is 6.18 Å². The first-order valence-corrected chi connectivity index (χ1v) is 14.1. The number of piperidine rings is 1. The van der Waals surface area contributed by atoms with E-state index < -0.39 is 49.5 Å². The largest absolute Gasteiger partial charge is 0.409 e. The third kappa shape index (κ3) is 4.48. The number of sulfone groups is 1. The monoisotopic (exact) mass is 563 g/mol. The van der Waals surface area contributed by atoms with Gasteiger partial charge in [-0.1, -0.05) is 17.7 Å². The number of halogens is 4. The Morgan fingerprint density at radius 3 is 2.22 bits per heavy atom. The fourth-order valence-electron chi connectivity index (χ4n) is 4.02. The van der Waals surface area contributed by atoms with E-state index in [0.29, 0.717) is 4.09 Å². The Kier molecular flexibility index (Phi) is 6.63. The molecule has 36 heavy (non-hydrogen) atoms. The molecule has 4 rings (SSSR count). The van der Waals surface area contributed by atoms with Crippen molar-refractivity contribution in [1.82, 2.24) is 9.19 Å². The van der Waals surface area contributed by atoms with Crippen LogP contribution in [0.5, 0.6) is 0 Å². The van der Waals surface area contributed by atoms with Gasteiger partial charge in [-0.15, -0.1) is 5.10 Å². The molecule has 0 spiro atoms. The van der Waals surface area contributed by atoms with Crippen LogP contribution in [0.25, 0.3) is 10.9 Å². The maximum Gasteiger partial charge on any atom is 0.409 e. The highest BCUT2D eigenvalue weighted by Gasteiger charge is 2.48. The predicted molar refractivity (Wildman–Crippen MR) is 128 cm³/mol. The van der Waals surface area contributed by atoms with Crippen LogP contribution in [0.2, 0.25) is 5.02 Å². The summed E-state index contributed by atoms with van der Waals surface area (Å²) in [5, 5.41) is 3.30. The molecule has 1 aliphatic heterocycles. The topological polar surface area (TPSA) is 106 Å². The van der Waals surface area contributed by atoms with Gasteiger partial charge in [0, 0.05) is 19.4 Å². The number of fused-ring (bicyclic) bond motifs is 1. The molecule has 1 aromatic heterocycles. The molecule has 1 aliphatic rings. The minimum atomic E-state index is -4.77. The second kappa shape index (κ2) is 9.03. The average Bonchev–Trinajstić information content (AvgIpc) is 3.20. The van der Waals surface area contributed by atoms with Crippen LogP contribution >= 0.6 is 11.6 Å². The molecule has 0 radical (unpaired) electrons. The molecule has 8 nitrogen and oxygen atoms in total. The molecule has 2 aromatic carbocycles. The number of aromatic nitrogens is 2. The molecule has 14 heteroatoms. The summed E-state index contributed by atoms with van der Waals surface area (Å²) in [6, 6.07) is 6.49. The third-order valence-electron chi connectivity index (χ3n) is 5.98. The summed E-state index contributed by atoms with van der Waals surface area (Å²) in [6.07, 6.45) is -5.73. The van der Waals surface area contributed by atoms with Crippen molar-refractivity contribution >= 4 is 54.0 Å². The fraction of sp³-hybridized carbons (Fsp3) is 0.364. The molecule has 1 atom stereocenters. The lowest BCUT2D eigenvalue weighted by molar-refractivity contribution is -0.158. The highest BCUT2D eigenvalue weighted by molar-refractivity contribution is 7.92. The number of carbonyl (C=O) groups excluding carboxylic acids is 1. The summed E-state index contributed by atoms with van der Waals surface area (Å²) in [7, 11) is -8.12. The number of alkyl halides is 3. The van der Waals surface area contributed by atoms with Crippen LogP contribution in [-0.2, 0) is 24.7 Å². The Morgan fingerprint density at radius 1 is 1.03 bits per heavy atom. The Balaban J connectivity index is 1.88. The van der Waals surface area contributed by atoms with Gasteiger partial charge in [-0.3, -0.25) is 4.79 Å². The van der Waals surface area contributed by atoms with Crippen molar-refractivity contribution in [3.8, 4) is 0 Å². The average molecular weight is 564 g/mol. The van der Waals surface area contributed by atoms with Crippen LogP contribution in [0.15, 0.2) is 52.3 Å². The van der Waals surface area contributed by atoms with Crippen molar-refractivity contribution in [1.29, 1.82) is 0 Å². The molecule has 1 unspecified atom stereocenters. The maximum absolute atomic E-state index is 13.8. The first kappa shape index (κ1) is 26.4. The highest BCUT2D eigenvalue weighted by Crippen LogP contribution is 2.40. The number of hydrogen-bond donors (Lipinski definition) is 0. The van der Waals surface area contributed by atoms with Gasteiger partial charge < -0.3 is 4.90 Å². The van der Waals surface area contributed by atoms with E-state index in [1.54, 1.807) is 0 Å². The van der Waals surface area contributed by atoms with E-state index in [1.165, 1.54) is 32.0 Å². The number of nitrogens with zero attached hydrogens (tertiary/aromatic N) is 3. The first-order chi connectivity index (χ1) is 16.7. The molecule has 0 bridgehead atoms. The number of carbonyl (C=O) groups is 1. The smallest absolute Gasteiger partial charge is 0.342 e. The molecule has 3 aromatic rings. The zero-order chi connectivity index (χ0) is 26.6. The van der Waals surface area contributed by atoms with Crippen molar-refractivity contribution in [2.24, 2.45) is 0 Å². The molecule has 1 saturated heterocycles. The van der Waals surface area contributed by atoms with Crippen molar-refractivity contribution in [3.63, 3.8) is 0 Å². The van der Waals surface area contributed by atoms with Gasteiger partial charge in [0.2, 0.25) is 0 Å². The Hall–Kier alpha value is -2.64. The van der Waals surface area contributed by atoms with Crippen LogP contribution in [0.1, 0.15) is 26.7 Å². The Labute approximate surface area is 210 Å². The van der Waals surface area contributed by atoms with Crippen LogP contribution in [0.4, 0.5) is 19.0 Å². The van der Waals surface area contributed by atoms with Crippen LogP contribution in [0.3, 0.4) is 0 Å². The van der Waals surface area contributed by atoms with Crippen molar-refractivity contribution < 1.29 is 34.8 Å². The molecule has 0 N–H and O–H groups in total. The Morgan fingerprint density at radius 2 is 1.64 bits per heavy atom. The maximum atomic E-state index is 13.8. The van der Waals surface area contributed by atoms with Gasteiger partial charge in [0.05, 0.1) is 31.0 Å². The number of ketones is 1. The van der Waals surface area contributed by atoms with E-state index in [1.807, 2.05) is 0 Å². The van der Waals surface area contributed by atoms with Gasteiger partial charge in [-0.25, -0.2) is 8.42 Å². The minimum Gasteiger partial charge on any atom is -0.342 e. The van der Waals surface area contributed by atoms with E-state index >= 15 is 0 Å². The third-order valence-corrected chi connectivity index (χ3v) is 10.1. The van der Waals surface area contributed by atoms with Crippen molar-refractivity contribution in [3.05, 3.63) is 47.5 Å². The number of anilines is 1. The molecule has 0 aliphatic carbocycles. The van der Waals surface area contributed by atoms with Crippen LogP contribution < -0.4 is 4.90 Å². The van der Waals surface area contributed by atoms with Gasteiger partial charge in [0.1, 0.15) is 11.8 Å². The highest BCUT2D eigenvalue weighted by atomic mass is 35.5. The number of benzene rings is 2. The lowest BCUT2D eigenvalue weighted by Gasteiger charge is -2.36. The number of Topliss-reactive ketones (excluding diaryl/α,β-unsaturated/α-hetero) is 1. The summed E-state index contributed by atoms with van der Waals surface area (Å²) < 4.78 is 93.8. The van der Waals surface area contributed by atoms with E-state index in [-0.39, 0.29) is 44.5 Å². The zero-order valence-corrected chi connectivity index (χ0v) is 21.4. The summed E-state index contributed by atoms with van der Waals surface area (Å²) in [5.41, 5.74) is -0.0609. The van der Waals surface area contributed by atoms with E-state index in [4.69, 9.17) is 11.6 Å². The summed E-state index contributed by atoms with van der Waals surface area (Å²) in [5.74, 6) is -0.875. The van der Waals surface area contributed by atoms with Crippen molar-refractivity contribution in [2.75, 3.05) is 11.4 Å². The van der Waals surface area contributed by atoms with Crippen molar-refractivity contribution in [2.45, 2.75) is 53.9 Å². The molecule has 194 valence electrons. The second-order valence-electron chi connectivity index (χ2n) is 8.61. The Bertz CT molecular complexity index is 1550. The lowest BCUT2D eigenvalue weighted by atomic mass is 10.00. The van der Waals surface area contributed by atoms with E-state index in [0.717, 1.165) is 29.2 Å². The number of hydrogen-bond acceptors (Lipinski definition) is 7. The second-order valence-corrected chi connectivity index (χ2v) is 13.3. The van der Waals surface area contributed by atoms with Crippen LogP contribution in [-0.4, -0.2) is 55.8 Å². The quantitative estimate of drug-likeness (QED) is 0.458. The lowest BCUT2D eigenvalue weighted by Crippen LogP contribution is -2.51. The van der Waals surface area contributed by atoms with Gasteiger partial charge in [-0.05, 0) is 50.2 Å². The molecule has 0 amide bonds. The van der Waals surface area contributed by atoms with Crippen LogP contribution in [0, 0.1) is 0 Å². The number of rotatable bonds is 5. The molecular weight excluding hydrogens is 543 g/mol. The minimum absolute atomic E-state index is 0.00894. The normalized spacial score (nSPS) is 17.8. The van der Waals surface area contributed by atoms with E-state index in [9.17, 15) is 34.8 Å². The molecule has 2 heterocycles. The SMILES string of the molecule is CC(C)S(=O)(=O)c1ccc(S(=O)(=O)n2nc(N3CCC(=O)CC3C(F)(F)F)c3c(Cl)cccc32)cc1. The summed E-state index contributed by atoms with van der Waals surface area (Å²) in [4.78, 5) is 12.3. The first-order valence-electron chi connectivity index (χ1n) is 10.8. The van der Waals surface area contributed by atoms with Gasteiger partial charge in [0.25, 0.3) is 10.0 Å². The summed E-state index contributed by atoms with van der Waals surface area (Å²) in [6.45, 7) is 2.66. The fourth-order valence-corrected chi connectivity index (χ4v) is 6.61. The standard InChI is InChI=1S/C22H21ClF3N3O5S2/c1-13(2)35(31,32)15-6-8-16(9-7-15)36(33,34)29-18-5-3-4-17(23)20(18)21(27-29)28-11-10-14(30)12-19(28)22(24,25)26/h3-9,13,19H,10-12H2,1-2H3. The molecule has 1 fully saturated rings. The van der Waals surface area contributed by atoms with Gasteiger partial charge in [-0.2, -0.15) is 25.7 Å². The predicted octanol–water partition coefficient (Wildman–Crippen LogP) is 4.21. The zero-order valence-electron chi connectivity index (χ0n) is 19.0. The van der Waals surface area contributed by atoms with Gasteiger partial charge in [0.15, 0.2) is 15.7 Å². The summed E-state index contributed by atoms with van der Waals surface area (Å²) >= 11 is 6.29. The van der Waals surface area contributed by atoms with E-state index in [2.05, 4.69) is 5.10 Å². The molecular formula is C22H21ClF3N3O5S2.